The van der Waals surface area contributed by atoms with Gasteiger partial charge in [-0.3, -0.25) is 0 Å². The highest BCUT2D eigenvalue weighted by Crippen LogP contribution is 2.27. The average molecular weight is 328 g/mol. The SMILES string of the molecule is CN(C)c1ccc(/C=C2/CCN3OC(=O)/C=C/C(=O)OC3C2)cc1. The summed E-state index contributed by atoms with van der Waals surface area (Å²) >= 11 is 0. The standard InChI is InChI=1S/C18H20N2O4/c1-19(2)15-5-3-13(4-6-15)11-14-9-10-20-16(12-14)23-17(21)7-8-18(22)24-20/h3-8,11,16H,9-10,12H2,1-2H3/b8-7+,14-11-. The Hall–Kier alpha value is -2.60. The highest BCUT2D eigenvalue weighted by Gasteiger charge is 2.31. The number of piperidine rings is 1. The first-order chi connectivity index (χ1) is 11.5. The van der Waals surface area contributed by atoms with Crippen LogP contribution in [0.15, 0.2) is 42.0 Å². The van der Waals surface area contributed by atoms with Crippen molar-refractivity contribution in [3.8, 4) is 0 Å². The van der Waals surface area contributed by atoms with Gasteiger partial charge >= 0.3 is 11.9 Å². The number of benzene rings is 1. The second-order valence-electron chi connectivity index (χ2n) is 6.02. The number of ether oxygens (including phenoxy) is 1. The van der Waals surface area contributed by atoms with E-state index in [2.05, 4.69) is 30.3 Å². The summed E-state index contributed by atoms with van der Waals surface area (Å²) < 4.78 is 5.34. The van der Waals surface area contributed by atoms with Gasteiger partial charge in [-0.15, -0.1) is 0 Å². The zero-order valence-corrected chi connectivity index (χ0v) is 13.8. The Labute approximate surface area is 140 Å². The number of esters is 1. The summed E-state index contributed by atoms with van der Waals surface area (Å²) in [4.78, 5) is 30.4. The molecule has 1 aromatic carbocycles. The lowest BCUT2D eigenvalue weighted by atomic mass is 10.0. The normalized spacial score (nSPS) is 24.4. The summed E-state index contributed by atoms with van der Waals surface area (Å²) in [7, 11) is 4.00. The Morgan fingerprint density at radius 1 is 1.12 bits per heavy atom. The molecule has 2 aliphatic rings. The number of carbonyl (C=O) groups is 2. The maximum Gasteiger partial charge on any atom is 0.350 e. The van der Waals surface area contributed by atoms with Gasteiger partial charge in [-0.1, -0.05) is 28.8 Å². The molecule has 1 unspecified atom stereocenters. The van der Waals surface area contributed by atoms with Crippen LogP contribution < -0.4 is 4.90 Å². The first kappa shape index (κ1) is 16.3. The Bertz CT molecular complexity index is 691. The van der Waals surface area contributed by atoms with Crippen LogP contribution in [0.2, 0.25) is 0 Å². The first-order valence-electron chi connectivity index (χ1n) is 7.85. The van der Waals surface area contributed by atoms with Crippen molar-refractivity contribution in [3.63, 3.8) is 0 Å². The Kier molecular flexibility index (Phi) is 4.66. The van der Waals surface area contributed by atoms with E-state index in [-0.39, 0.29) is 0 Å². The zero-order chi connectivity index (χ0) is 17.1. The molecular weight excluding hydrogens is 308 g/mol. The molecule has 0 radical (unpaired) electrons. The van der Waals surface area contributed by atoms with Gasteiger partial charge in [0.15, 0.2) is 6.23 Å². The minimum Gasteiger partial charge on any atom is -0.440 e. The highest BCUT2D eigenvalue weighted by molar-refractivity contribution is 5.92. The Morgan fingerprint density at radius 3 is 2.54 bits per heavy atom. The van der Waals surface area contributed by atoms with Crippen LogP contribution in [0.4, 0.5) is 5.69 Å². The number of nitrogens with zero attached hydrogens (tertiary/aromatic N) is 2. The summed E-state index contributed by atoms with van der Waals surface area (Å²) in [5.74, 6) is -1.08. The summed E-state index contributed by atoms with van der Waals surface area (Å²) in [5.41, 5.74) is 3.39. The van der Waals surface area contributed by atoms with Crippen LogP contribution in [0.3, 0.4) is 0 Å². The number of hydroxylamine groups is 2. The van der Waals surface area contributed by atoms with Gasteiger partial charge in [-0.25, -0.2) is 9.59 Å². The molecule has 24 heavy (non-hydrogen) atoms. The molecule has 0 spiro atoms. The lowest BCUT2D eigenvalue weighted by Gasteiger charge is -2.34. The van der Waals surface area contributed by atoms with Crippen molar-refractivity contribution in [1.82, 2.24) is 5.06 Å². The maximum atomic E-state index is 11.6. The van der Waals surface area contributed by atoms with Crippen LogP contribution in [0, 0.1) is 0 Å². The molecule has 0 aliphatic carbocycles. The molecule has 0 saturated carbocycles. The van der Waals surface area contributed by atoms with Crippen LogP contribution in [-0.4, -0.2) is 43.9 Å². The largest absolute Gasteiger partial charge is 0.440 e. The zero-order valence-electron chi connectivity index (χ0n) is 13.8. The van der Waals surface area contributed by atoms with E-state index in [4.69, 9.17) is 9.57 Å². The lowest BCUT2D eigenvalue weighted by Crippen LogP contribution is -2.44. The van der Waals surface area contributed by atoms with Crippen molar-refractivity contribution in [2.24, 2.45) is 0 Å². The third-order valence-corrected chi connectivity index (χ3v) is 4.01. The molecule has 1 aromatic rings. The molecule has 6 nitrogen and oxygen atoms in total. The van der Waals surface area contributed by atoms with Gasteiger partial charge in [0, 0.05) is 44.9 Å². The number of hydrogen-bond acceptors (Lipinski definition) is 6. The molecule has 2 heterocycles. The third kappa shape index (κ3) is 3.83. The number of carbonyl (C=O) groups excluding carboxylic acids is 2. The van der Waals surface area contributed by atoms with Crippen molar-refractivity contribution in [3.05, 3.63) is 47.6 Å². The van der Waals surface area contributed by atoms with Crippen LogP contribution in [0.25, 0.3) is 6.08 Å². The molecule has 0 aromatic heterocycles. The number of fused-ring (bicyclic) bond motifs is 1. The van der Waals surface area contributed by atoms with Crippen LogP contribution in [-0.2, 0) is 19.2 Å². The van der Waals surface area contributed by atoms with Crippen LogP contribution in [0.1, 0.15) is 18.4 Å². The van der Waals surface area contributed by atoms with Gasteiger partial charge in [0.05, 0.1) is 0 Å². The van der Waals surface area contributed by atoms with Crippen molar-refractivity contribution in [1.29, 1.82) is 0 Å². The predicted molar refractivity (Wildman–Crippen MR) is 89.8 cm³/mol. The monoisotopic (exact) mass is 328 g/mol. The fourth-order valence-electron chi connectivity index (χ4n) is 2.72. The molecule has 126 valence electrons. The predicted octanol–water partition coefficient (Wildman–Crippen LogP) is 2.13. The van der Waals surface area contributed by atoms with E-state index in [1.165, 1.54) is 5.06 Å². The average Bonchev–Trinajstić information content (AvgIpc) is 2.54. The van der Waals surface area contributed by atoms with Crippen molar-refractivity contribution < 1.29 is 19.2 Å². The fourth-order valence-corrected chi connectivity index (χ4v) is 2.72. The molecule has 0 N–H and O–H groups in total. The second kappa shape index (κ2) is 6.88. The van der Waals surface area contributed by atoms with Crippen molar-refractivity contribution in [2.45, 2.75) is 19.1 Å². The van der Waals surface area contributed by atoms with Crippen molar-refractivity contribution in [2.75, 3.05) is 25.5 Å². The van der Waals surface area contributed by atoms with E-state index in [0.717, 1.165) is 35.4 Å². The van der Waals surface area contributed by atoms with Crippen LogP contribution in [0.5, 0.6) is 0 Å². The lowest BCUT2D eigenvalue weighted by molar-refractivity contribution is -0.242. The van der Waals surface area contributed by atoms with Gasteiger partial charge in [-0.05, 0) is 24.1 Å². The van der Waals surface area contributed by atoms with Gasteiger partial charge in [0.2, 0.25) is 0 Å². The molecule has 0 amide bonds. The number of rotatable bonds is 2. The molecule has 1 saturated heterocycles. The minimum absolute atomic E-state index is 0.499. The molecule has 2 aliphatic heterocycles. The van der Waals surface area contributed by atoms with Gasteiger partial charge in [-0.2, -0.15) is 0 Å². The van der Waals surface area contributed by atoms with Gasteiger partial charge in [0.25, 0.3) is 0 Å². The fraction of sp³-hybridized carbons (Fsp3) is 0.333. The molecule has 1 atom stereocenters. The number of anilines is 1. The highest BCUT2D eigenvalue weighted by atomic mass is 16.7. The topological polar surface area (TPSA) is 59.1 Å². The van der Waals surface area contributed by atoms with Gasteiger partial charge < -0.3 is 14.5 Å². The smallest absolute Gasteiger partial charge is 0.350 e. The minimum atomic E-state index is -0.576. The molecule has 1 fully saturated rings. The quantitative estimate of drug-likeness (QED) is 0.775. The maximum absolute atomic E-state index is 11.6. The van der Waals surface area contributed by atoms with Crippen molar-refractivity contribution >= 4 is 23.7 Å². The van der Waals surface area contributed by atoms with E-state index in [1.807, 2.05) is 19.0 Å². The molecular formula is C18H20N2O4. The Balaban J connectivity index is 1.74. The molecule has 6 heteroatoms. The summed E-state index contributed by atoms with van der Waals surface area (Å²) in [6, 6.07) is 8.23. The molecule has 0 bridgehead atoms. The Morgan fingerprint density at radius 2 is 1.83 bits per heavy atom. The van der Waals surface area contributed by atoms with E-state index in [1.54, 1.807) is 0 Å². The molecule has 3 rings (SSSR count). The first-order valence-corrected chi connectivity index (χ1v) is 7.85. The number of hydrogen-bond donors (Lipinski definition) is 0. The summed E-state index contributed by atoms with van der Waals surface area (Å²) in [5, 5.41) is 1.44. The third-order valence-electron chi connectivity index (χ3n) is 4.01. The second-order valence-corrected chi connectivity index (χ2v) is 6.02. The summed E-state index contributed by atoms with van der Waals surface area (Å²) in [6.07, 6.45) is 4.96. The van der Waals surface area contributed by atoms with E-state index >= 15 is 0 Å². The van der Waals surface area contributed by atoms with E-state index in [9.17, 15) is 9.59 Å². The van der Waals surface area contributed by atoms with Gasteiger partial charge in [0.1, 0.15) is 0 Å². The van der Waals surface area contributed by atoms with Crippen LogP contribution >= 0.6 is 0 Å². The summed E-state index contributed by atoms with van der Waals surface area (Å²) in [6.45, 7) is 0.499. The van der Waals surface area contributed by atoms with E-state index in [0.29, 0.717) is 13.0 Å². The van der Waals surface area contributed by atoms with E-state index < -0.39 is 18.2 Å².